The Balaban J connectivity index is 1.42. The number of benzene rings is 1. The van der Waals surface area contributed by atoms with Crippen molar-refractivity contribution < 1.29 is 18.0 Å². The Bertz CT molecular complexity index is 1240. The van der Waals surface area contributed by atoms with Gasteiger partial charge in [-0.3, -0.25) is 9.78 Å². The molecule has 0 bridgehead atoms. The van der Waals surface area contributed by atoms with Crippen molar-refractivity contribution in [2.45, 2.75) is 13.0 Å². The number of halogens is 2. The summed E-state index contributed by atoms with van der Waals surface area (Å²) in [4.78, 5) is 18.1. The predicted molar refractivity (Wildman–Crippen MR) is 114 cm³/mol. The molecule has 10 nitrogen and oxygen atoms in total. The third-order valence-corrected chi connectivity index (χ3v) is 4.46. The van der Waals surface area contributed by atoms with Crippen LogP contribution < -0.4 is 5.32 Å². The van der Waals surface area contributed by atoms with Gasteiger partial charge in [0.15, 0.2) is 0 Å². The van der Waals surface area contributed by atoms with Crippen LogP contribution in [0.4, 0.5) is 14.5 Å². The first-order chi connectivity index (χ1) is 15.9. The van der Waals surface area contributed by atoms with E-state index in [2.05, 4.69) is 30.8 Å². The van der Waals surface area contributed by atoms with Crippen LogP contribution >= 0.6 is 0 Å². The molecular weight excluding hydrogens is 434 g/mol. The van der Waals surface area contributed by atoms with Gasteiger partial charge in [0.25, 0.3) is 5.89 Å². The van der Waals surface area contributed by atoms with Crippen molar-refractivity contribution in [3.8, 4) is 22.7 Å². The molecule has 3 aromatic heterocycles. The van der Waals surface area contributed by atoms with Crippen LogP contribution in [-0.2, 0) is 11.3 Å². The third kappa shape index (κ3) is 5.60. The van der Waals surface area contributed by atoms with Gasteiger partial charge in [0, 0.05) is 17.4 Å². The summed E-state index contributed by atoms with van der Waals surface area (Å²) in [6.07, 6.45) is 0.411. The van der Waals surface area contributed by atoms with Crippen molar-refractivity contribution in [2.75, 3.05) is 26.0 Å². The van der Waals surface area contributed by atoms with E-state index in [1.807, 2.05) is 32.3 Å². The molecule has 4 rings (SSSR count). The highest BCUT2D eigenvalue weighted by atomic mass is 19.3. The summed E-state index contributed by atoms with van der Waals surface area (Å²) in [5.41, 5.74) is 3.22. The number of likely N-dealkylation sites (N-methyl/N-ethyl adjacent to an activating group) is 1. The zero-order valence-electron chi connectivity index (χ0n) is 17.8. The zero-order chi connectivity index (χ0) is 23.4. The predicted octanol–water partition coefficient (Wildman–Crippen LogP) is 2.88. The van der Waals surface area contributed by atoms with Crippen molar-refractivity contribution >= 4 is 11.6 Å². The van der Waals surface area contributed by atoms with Gasteiger partial charge in [-0.25, -0.2) is 4.68 Å². The van der Waals surface area contributed by atoms with E-state index in [-0.39, 0.29) is 18.3 Å². The number of alkyl halides is 2. The molecule has 0 spiro atoms. The molecule has 4 aromatic rings. The summed E-state index contributed by atoms with van der Waals surface area (Å²) in [5.74, 6) is -0.864. The molecule has 0 aliphatic heterocycles. The Morgan fingerprint density at radius 3 is 2.70 bits per heavy atom. The summed E-state index contributed by atoms with van der Waals surface area (Å²) in [6, 6.07) is 10.7. The first-order valence-corrected chi connectivity index (χ1v) is 9.89. The van der Waals surface area contributed by atoms with Gasteiger partial charge in [-0.05, 0) is 38.4 Å². The third-order valence-electron chi connectivity index (χ3n) is 4.46. The van der Waals surface area contributed by atoms with Gasteiger partial charge in [-0.1, -0.05) is 17.3 Å². The molecule has 0 aliphatic rings. The SMILES string of the molecule is CN(C)CC(=O)Nc1cccc(-c2cn(Cc3ccc(-c4nnc(C(F)F)o4)cn3)nn2)c1. The number of pyridine rings is 1. The van der Waals surface area contributed by atoms with Gasteiger partial charge in [0.05, 0.1) is 30.5 Å². The average Bonchev–Trinajstić information content (AvgIpc) is 3.44. The van der Waals surface area contributed by atoms with E-state index in [0.717, 1.165) is 5.56 Å². The summed E-state index contributed by atoms with van der Waals surface area (Å²) in [7, 11) is 3.65. The number of rotatable bonds is 8. The van der Waals surface area contributed by atoms with Crippen LogP contribution in [0.1, 0.15) is 18.0 Å². The minimum absolute atomic E-state index is 0.0232. The van der Waals surface area contributed by atoms with Gasteiger partial charge < -0.3 is 14.6 Å². The standard InChI is InChI=1S/C21H20F2N8O2/c1-30(2)12-18(32)25-15-5-3-4-13(8-15)17-11-31(29-26-17)10-16-7-6-14(9-24-16)20-27-28-21(33-20)19(22)23/h3-9,11,19H,10,12H2,1-2H3,(H,25,32). The molecule has 0 saturated carbocycles. The maximum atomic E-state index is 12.6. The van der Waals surface area contributed by atoms with E-state index in [4.69, 9.17) is 4.42 Å². The Morgan fingerprint density at radius 1 is 1.15 bits per heavy atom. The number of carbonyl (C=O) groups excluding carboxylic acids is 1. The fraction of sp³-hybridized carbons (Fsp3) is 0.238. The fourth-order valence-corrected chi connectivity index (χ4v) is 3.00. The van der Waals surface area contributed by atoms with Crippen molar-refractivity contribution in [3.63, 3.8) is 0 Å². The van der Waals surface area contributed by atoms with E-state index < -0.39 is 12.3 Å². The van der Waals surface area contributed by atoms with Crippen LogP contribution in [0.2, 0.25) is 0 Å². The van der Waals surface area contributed by atoms with Gasteiger partial charge in [0.1, 0.15) is 5.69 Å². The Kier molecular flexibility index (Phi) is 6.45. The lowest BCUT2D eigenvalue weighted by Gasteiger charge is -2.10. The highest BCUT2D eigenvalue weighted by molar-refractivity contribution is 5.92. The van der Waals surface area contributed by atoms with Crippen molar-refractivity contribution in [1.82, 2.24) is 35.1 Å². The summed E-state index contributed by atoms with van der Waals surface area (Å²) in [5, 5.41) is 18.1. The van der Waals surface area contributed by atoms with E-state index in [1.54, 1.807) is 34.0 Å². The van der Waals surface area contributed by atoms with E-state index in [1.165, 1.54) is 6.20 Å². The minimum atomic E-state index is -2.82. The number of aromatic nitrogens is 6. The second-order valence-corrected chi connectivity index (χ2v) is 7.45. The lowest BCUT2D eigenvalue weighted by molar-refractivity contribution is -0.116. The smallest absolute Gasteiger partial charge is 0.314 e. The van der Waals surface area contributed by atoms with E-state index in [9.17, 15) is 13.6 Å². The van der Waals surface area contributed by atoms with Gasteiger partial charge in [-0.15, -0.1) is 15.3 Å². The molecule has 0 atom stereocenters. The molecule has 0 saturated heterocycles. The number of nitrogens with zero attached hydrogens (tertiary/aromatic N) is 7. The monoisotopic (exact) mass is 454 g/mol. The Hall–Kier alpha value is -4.06. The van der Waals surface area contributed by atoms with Crippen LogP contribution in [0.3, 0.4) is 0 Å². The van der Waals surface area contributed by atoms with E-state index in [0.29, 0.717) is 29.2 Å². The second-order valence-electron chi connectivity index (χ2n) is 7.45. The fourth-order valence-electron chi connectivity index (χ4n) is 3.00. The van der Waals surface area contributed by atoms with Crippen molar-refractivity contribution in [2.24, 2.45) is 0 Å². The quantitative estimate of drug-likeness (QED) is 0.432. The second kappa shape index (κ2) is 9.61. The lowest BCUT2D eigenvalue weighted by Crippen LogP contribution is -2.27. The average molecular weight is 454 g/mol. The first kappa shape index (κ1) is 22.1. The van der Waals surface area contributed by atoms with Gasteiger partial charge in [0.2, 0.25) is 11.8 Å². The molecule has 1 aromatic carbocycles. The number of carbonyl (C=O) groups is 1. The molecule has 0 aliphatic carbocycles. The molecular formula is C21H20F2N8O2. The number of nitrogens with one attached hydrogen (secondary N) is 1. The van der Waals surface area contributed by atoms with Gasteiger partial charge in [-0.2, -0.15) is 8.78 Å². The molecule has 12 heteroatoms. The maximum absolute atomic E-state index is 12.6. The highest BCUT2D eigenvalue weighted by Gasteiger charge is 2.17. The molecule has 170 valence electrons. The maximum Gasteiger partial charge on any atom is 0.314 e. The van der Waals surface area contributed by atoms with Crippen LogP contribution in [0.25, 0.3) is 22.7 Å². The number of anilines is 1. The number of hydrogen-bond acceptors (Lipinski definition) is 8. The normalized spacial score (nSPS) is 11.3. The van der Waals surface area contributed by atoms with Crippen LogP contribution in [0.15, 0.2) is 53.2 Å². The zero-order valence-corrected chi connectivity index (χ0v) is 17.8. The molecule has 3 heterocycles. The highest BCUT2D eigenvalue weighted by Crippen LogP contribution is 2.23. The van der Waals surface area contributed by atoms with Gasteiger partial charge >= 0.3 is 6.43 Å². The molecule has 1 amide bonds. The summed E-state index contributed by atoms with van der Waals surface area (Å²) in [6.45, 7) is 0.630. The minimum Gasteiger partial charge on any atom is -0.415 e. The van der Waals surface area contributed by atoms with Crippen LogP contribution in [0.5, 0.6) is 0 Å². The van der Waals surface area contributed by atoms with Crippen LogP contribution in [-0.4, -0.2) is 61.6 Å². The number of amides is 1. The Labute approximate surface area is 187 Å². The Morgan fingerprint density at radius 2 is 2.00 bits per heavy atom. The summed E-state index contributed by atoms with van der Waals surface area (Å²) >= 11 is 0. The lowest BCUT2D eigenvalue weighted by atomic mass is 10.1. The van der Waals surface area contributed by atoms with Crippen molar-refractivity contribution in [3.05, 3.63) is 60.4 Å². The summed E-state index contributed by atoms with van der Waals surface area (Å²) < 4.78 is 31.8. The molecule has 0 radical (unpaired) electrons. The van der Waals surface area contributed by atoms with E-state index >= 15 is 0 Å². The topological polar surface area (TPSA) is 115 Å². The first-order valence-electron chi connectivity index (χ1n) is 9.89. The van der Waals surface area contributed by atoms with Crippen LogP contribution in [0, 0.1) is 0 Å². The molecule has 0 unspecified atom stereocenters. The molecule has 33 heavy (non-hydrogen) atoms. The molecule has 0 fully saturated rings. The number of hydrogen-bond donors (Lipinski definition) is 1. The molecule has 1 N–H and O–H groups in total. The van der Waals surface area contributed by atoms with Crippen molar-refractivity contribution in [1.29, 1.82) is 0 Å². The largest absolute Gasteiger partial charge is 0.415 e.